The smallest absolute Gasteiger partial charge is 0.255 e. The number of hydrogen-bond donors (Lipinski definition) is 0. The molecule has 0 N–H and O–H groups in total. The molecule has 3 nitrogen and oxygen atoms in total. The Bertz CT molecular complexity index is 976. The lowest BCUT2D eigenvalue weighted by atomic mass is 10.0. The van der Waals surface area contributed by atoms with Gasteiger partial charge >= 0.3 is 0 Å². The Kier molecular flexibility index (Phi) is 4.70. The first-order chi connectivity index (χ1) is 12.0. The van der Waals surface area contributed by atoms with Gasteiger partial charge in [-0.2, -0.15) is 0 Å². The second kappa shape index (κ2) is 6.93. The average Bonchev–Trinajstić information content (AvgIpc) is 2.56. The molecule has 0 aliphatic heterocycles. The molecule has 0 saturated carbocycles. The molecular weight excluding hydrogens is 317 g/mol. The predicted molar refractivity (Wildman–Crippen MR) is 98.1 cm³/mol. The van der Waals surface area contributed by atoms with Crippen molar-refractivity contribution in [2.75, 3.05) is 6.61 Å². The third-order valence-electron chi connectivity index (χ3n) is 4.13. The van der Waals surface area contributed by atoms with E-state index in [0.717, 1.165) is 33.7 Å². The molecule has 0 aliphatic rings. The zero-order chi connectivity index (χ0) is 18.0. The van der Waals surface area contributed by atoms with Gasteiger partial charge in [0.25, 0.3) is 5.56 Å². The lowest BCUT2D eigenvalue weighted by molar-refractivity contribution is 0.340. The monoisotopic (exact) mass is 337 g/mol. The third kappa shape index (κ3) is 3.48. The van der Waals surface area contributed by atoms with Gasteiger partial charge in [-0.15, -0.1) is 0 Å². The molecule has 2 aromatic carbocycles. The van der Waals surface area contributed by atoms with Crippen LogP contribution in [0.15, 0.2) is 59.5 Å². The molecule has 0 fully saturated rings. The summed E-state index contributed by atoms with van der Waals surface area (Å²) in [6.45, 7) is 6.31. The minimum absolute atomic E-state index is 0.120. The molecule has 0 spiro atoms. The van der Waals surface area contributed by atoms with Gasteiger partial charge in [0.2, 0.25) is 0 Å². The summed E-state index contributed by atoms with van der Waals surface area (Å²) in [5, 5.41) is 0. The van der Waals surface area contributed by atoms with E-state index >= 15 is 0 Å². The Labute approximate surface area is 146 Å². The van der Waals surface area contributed by atoms with Crippen molar-refractivity contribution in [1.29, 1.82) is 0 Å². The van der Waals surface area contributed by atoms with E-state index in [1.165, 1.54) is 12.1 Å². The van der Waals surface area contributed by atoms with Crippen LogP contribution in [-0.4, -0.2) is 11.2 Å². The molecule has 0 bridgehead atoms. The summed E-state index contributed by atoms with van der Waals surface area (Å²) >= 11 is 0. The predicted octanol–water partition coefficient (Wildman–Crippen LogP) is 4.66. The highest BCUT2D eigenvalue weighted by Crippen LogP contribution is 2.25. The van der Waals surface area contributed by atoms with Gasteiger partial charge in [-0.3, -0.25) is 9.36 Å². The molecule has 3 rings (SSSR count). The summed E-state index contributed by atoms with van der Waals surface area (Å²) in [5.74, 6) is 0.473. The number of hydrogen-bond acceptors (Lipinski definition) is 2. The number of pyridine rings is 1. The van der Waals surface area contributed by atoms with Crippen molar-refractivity contribution in [1.82, 2.24) is 4.57 Å². The molecule has 25 heavy (non-hydrogen) atoms. The van der Waals surface area contributed by atoms with E-state index in [1.807, 2.05) is 45.0 Å². The maximum absolute atomic E-state index is 13.6. The largest absolute Gasteiger partial charge is 0.494 e. The fourth-order valence-electron chi connectivity index (χ4n) is 2.93. The Morgan fingerprint density at radius 2 is 1.84 bits per heavy atom. The molecule has 128 valence electrons. The number of nitrogens with zero attached hydrogens (tertiary/aromatic N) is 1. The lowest BCUT2D eigenvalue weighted by Gasteiger charge is -2.14. The highest BCUT2D eigenvalue weighted by Gasteiger charge is 2.10. The Balaban J connectivity index is 2.15. The highest BCUT2D eigenvalue weighted by atomic mass is 19.1. The average molecular weight is 337 g/mol. The first-order valence-corrected chi connectivity index (χ1v) is 8.22. The number of aryl methyl sites for hydroxylation is 2. The molecule has 0 aliphatic carbocycles. The van der Waals surface area contributed by atoms with Gasteiger partial charge in [0, 0.05) is 17.8 Å². The van der Waals surface area contributed by atoms with Crippen LogP contribution in [0.1, 0.15) is 18.1 Å². The van der Waals surface area contributed by atoms with Crippen molar-refractivity contribution in [2.24, 2.45) is 0 Å². The van der Waals surface area contributed by atoms with Gasteiger partial charge in [0.1, 0.15) is 11.6 Å². The normalized spacial score (nSPS) is 10.7. The molecule has 3 aromatic rings. The van der Waals surface area contributed by atoms with Crippen LogP contribution in [0.5, 0.6) is 5.75 Å². The zero-order valence-corrected chi connectivity index (χ0v) is 14.5. The number of rotatable bonds is 4. The van der Waals surface area contributed by atoms with Crippen LogP contribution in [0.2, 0.25) is 0 Å². The summed E-state index contributed by atoms with van der Waals surface area (Å²) in [5.41, 5.74) is 3.98. The highest BCUT2D eigenvalue weighted by molar-refractivity contribution is 5.67. The summed E-state index contributed by atoms with van der Waals surface area (Å²) in [7, 11) is 0. The second-order valence-corrected chi connectivity index (χ2v) is 5.97. The molecule has 0 radical (unpaired) electrons. The van der Waals surface area contributed by atoms with Crippen LogP contribution in [0.3, 0.4) is 0 Å². The standard InChI is InChI=1S/C21H20FNO2/c1-4-25-18-8-9-20(15(3)10-18)23-13-19(14(2)11-21(23)24)16-6-5-7-17(22)12-16/h5-13H,4H2,1-3H3. The van der Waals surface area contributed by atoms with E-state index in [2.05, 4.69) is 0 Å². The zero-order valence-electron chi connectivity index (χ0n) is 14.5. The van der Waals surface area contributed by atoms with Gasteiger partial charge in [0.15, 0.2) is 0 Å². The van der Waals surface area contributed by atoms with Crippen molar-refractivity contribution in [3.05, 3.63) is 82.0 Å². The molecule has 0 amide bonds. The number of aromatic nitrogens is 1. The molecule has 0 atom stereocenters. The minimum atomic E-state index is -0.299. The van der Waals surface area contributed by atoms with Crippen LogP contribution in [0.25, 0.3) is 16.8 Å². The van der Waals surface area contributed by atoms with E-state index in [9.17, 15) is 9.18 Å². The number of benzene rings is 2. The Hall–Kier alpha value is -2.88. The van der Waals surface area contributed by atoms with E-state index in [4.69, 9.17) is 4.74 Å². The van der Waals surface area contributed by atoms with Crippen LogP contribution in [0, 0.1) is 19.7 Å². The van der Waals surface area contributed by atoms with Crippen molar-refractivity contribution < 1.29 is 9.13 Å². The first-order valence-electron chi connectivity index (χ1n) is 8.22. The van der Waals surface area contributed by atoms with Crippen molar-refractivity contribution >= 4 is 0 Å². The van der Waals surface area contributed by atoms with Gasteiger partial charge in [-0.25, -0.2) is 4.39 Å². The molecule has 4 heteroatoms. The summed E-state index contributed by atoms with van der Waals surface area (Å²) in [4.78, 5) is 12.5. The van der Waals surface area contributed by atoms with E-state index in [0.29, 0.717) is 6.61 Å². The molecule has 0 unspecified atom stereocenters. The van der Waals surface area contributed by atoms with Gasteiger partial charge in [-0.1, -0.05) is 12.1 Å². The Morgan fingerprint density at radius 1 is 1.04 bits per heavy atom. The summed E-state index contributed by atoms with van der Waals surface area (Å²) in [6.07, 6.45) is 1.77. The van der Waals surface area contributed by atoms with E-state index in [1.54, 1.807) is 22.9 Å². The van der Waals surface area contributed by atoms with E-state index in [-0.39, 0.29) is 11.4 Å². The molecule has 0 saturated heterocycles. The number of ether oxygens (including phenoxy) is 1. The van der Waals surface area contributed by atoms with Crippen LogP contribution < -0.4 is 10.3 Å². The second-order valence-electron chi connectivity index (χ2n) is 5.97. The lowest BCUT2D eigenvalue weighted by Crippen LogP contribution is -2.18. The van der Waals surface area contributed by atoms with Crippen molar-refractivity contribution in [3.63, 3.8) is 0 Å². The van der Waals surface area contributed by atoms with Crippen molar-refractivity contribution in [2.45, 2.75) is 20.8 Å². The third-order valence-corrected chi connectivity index (χ3v) is 4.13. The fourth-order valence-corrected chi connectivity index (χ4v) is 2.93. The molecular formula is C21H20FNO2. The van der Waals surface area contributed by atoms with Gasteiger partial charge in [-0.05, 0) is 67.8 Å². The Morgan fingerprint density at radius 3 is 2.52 bits per heavy atom. The minimum Gasteiger partial charge on any atom is -0.494 e. The van der Waals surface area contributed by atoms with Gasteiger partial charge < -0.3 is 4.74 Å². The topological polar surface area (TPSA) is 31.2 Å². The van der Waals surface area contributed by atoms with E-state index < -0.39 is 0 Å². The van der Waals surface area contributed by atoms with Crippen LogP contribution in [0.4, 0.5) is 4.39 Å². The van der Waals surface area contributed by atoms with Gasteiger partial charge in [0.05, 0.1) is 12.3 Å². The summed E-state index contributed by atoms with van der Waals surface area (Å²) in [6, 6.07) is 13.6. The van der Waals surface area contributed by atoms with Crippen LogP contribution in [-0.2, 0) is 0 Å². The maximum atomic E-state index is 13.6. The number of halogens is 1. The first kappa shape index (κ1) is 17.0. The van der Waals surface area contributed by atoms with Crippen molar-refractivity contribution in [3.8, 4) is 22.6 Å². The molecule has 1 aromatic heterocycles. The summed E-state index contributed by atoms with van der Waals surface area (Å²) < 4.78 is 20.7. The van der Waals surface area contributed by atoms with Crippen LogP contribution >= 0.6 is 0 Å². The molecule has 1 heterocycles. The maximum Gasteiger partial charge on any atom is 0.255 e. The quantitative estimate of drug-likeness (QED) is 0.693. The SMILES string of the molecule is CCOc1ccc(-n2cc(-c3cccc(F)c3)c(C)cc2=O)c(C)c1. The fraction of sp³-hybridized carbons (Fsp3) is 0.190.